The molecule has 0 heterocycles. The van der Waals surface area contributed by atoms with Gasteiger partial charge in [-0.05, 0) is 30.2 Å². The molecule has 0 aliphatic rings. The summed E-state index contributed by atoms with van der Waals surface area (Å²) in [5, 5.41) is 11.3. The highest BCUT2D eigenvalue weighted by molar-refractivity contribution is 5.93. The summed E-state index contributed by atoms with van der Waals surface area (Å²) in [6.45, 7) is 1.70. The second-order valence-electron chi connectivity index (χ2n) is 4.52. The van der Waals surface area contributed by atoms with Gasteiger partial charge in [0.1, 0.15) is 0 Å². The molecule has 1 amide bonds. The molecule has 1 atom stereocenters. The first-order valence-electron chi connectivity index (χ1n) is 6.12. The number of esters is 1. The number of hydrogen-bond acceptors (Lipinski definition) is 4. The van der Waals surface area contributed by atoms with Crippen molar-refractivity contribution in [2.45, 2.75) is 19.8 Å². The van der Waals surface area contributed by atoms with E-state index in [0.29, 0.717) is 11.3 Å². The summed E-state index contributed by atoms with van der Waals surface area (Å²) in [6.07, 6.45) is 0.0831. The molecule has 108 valence electrons. The zero-order chi connectivity index (χ0) is 15.1. The fourth-order valence-corrected chi connectivity index (χ4v) is 1.71. The fraction of sp³-hybridized carbons (Fsp3) is 0.357. The number of hydrogen-bond donors (Lipinski definition) is 2. The van der Waals surface area contributed by atoms with Gasteiger partial charge in [0.05, 0.1) is 12.7 Å². The molecule has 20 heavy (non-hydrogen) atoms. The van der Waals surface area contributed by atoms with E-state index in [-0.39, 0.29) is 24.7 Å². The summed E-state index contributed by atoms with van der Waals surface area (Å²) in [7, 11) is 1.29. The minimum Gasteiger partial charge on any atom is -0.481 e. The Morgan fingerprint density at radius 2 is 1.80 bits per heavy atom. The molecular formula is C14H17NO5. The van der Waals surface area contributed by atoms with Crippen LogP contribution in [0.25, 0.3) is 0 Å². The summed E-state index contributed by atoms with van der Waals surface area (Å²) in [5.74, 6) is -1.86. The molecule has 0 bridgehead atoms. The van der Waals surface area contributed by atoms with Crippen LogP contribution in [0.2, 0.25) is 0 Å². The molecule has 2 N–H and O–H groups in total. The predicted octanol–water partition coefficient (Wildman–Crippen LogP) is 1.91. The van der Waals surface area contributed by atoms with Gasteiger partial charge in [0.2, 0.25) is 5.91 Å². The van der Waals surface area contributed by atoms with Crippen LogP contribution >= 0.6 is 0 Å². The molecule has 0 aliphatic heterocycles. The van der Waals surface area contributed by atoms with Gasteiger partial charge in [-0.25, -0.2) is 4.79 Å². The topological polar surface area (TPSA) is 92.7 Å². The van der Waals surface area contributed by atoms with Crippen LogP contribution in [0.15, 0.2) is 24.3 Å². The average molecular weight is 279 g/mol. The zero-order valence-electron chi connectivity index (χ0n) is 11.4. The Morgan fingerprint density at radius 3 is 2.30 bits per heavy atom. The largest absolute Gasteiger partial charge is 0.481 e. The second-order valence-corrected chi connectivity index (χ2v) is 4.52. The van der Waals surface area contributed by atoms with E-state index in [1.807, 2.05) is 0 Å². The maximum atomic E-state index is 11.7. The molecule has 0 spiro atoms. The minimum absolute atomic E-state index is 0.0469. The van der Waals surface area contributed by atoms with Crippen LogP contribution in [0.5, 0.6) is 0 Å². The number of carbonyl (C=O) groups excluding carboxylic acids is 2. The first-order chi connectivity index (χ1) is 9.42. The molecular weight excluding hydrogens is 262 g/mol. The van der Waals surface area contributed by atoms with Crippen molar-refractivity contribution in [3.05, 3.63) is 29.8 Å². The Kier molecular flexibility index (Phi) is 5.71. The quantitative estimate of drug-likeness (QED) is 0.776. The number of carboxylic acid groups (broad SMARTS) is 1. The van der Waals surface area contributed by atoms with Gasteiger partial charge in [-0.3, -0.25) is 9.59 Å². The average Bonchev–Trinajstić information content (AvgIpc) is 2.37. The van der Waals surface area contributed by atoms with E-state index in [1.54, 1.807) is 31.2 Å². The Bertz CT molecular complexity index is 495. The van der Waals surface area contributed by atoms with Gasteiger partial charge in [0.25, 0.3) is 0 Å². The fourth-order valence-electron chi connectivity index (χ4n) is 1.71. The Morgan fingerprint density at radius 1 is 1.20 bits per heavy atom. The van der Waals surface area contributed by atoms with Crippen LogP contribution in [0.3, 0.4) is 0 Å². The van der Waals surface area contributed by atoms with Gasteiger partial charge >= 0.3 is 11.9 Å². The summed E-state index contributed by atoms with van der Waals surface area (Å²) in [4.78, 5) is 33.4. The van der Waals surface area contributed by atoms with E-state index in [9.17, 15) is 14.4 Å². The second kappa shape index (κ2) is 7.28. The van der Waals surface area contributed by atoms with E-state index in [0.717, 1.165) is 0 Å². The first-order valence-corrected chi connectivity index (χ1v) is 6.12. The zero-order valence-corrected chi connectivity index (χ0v) is 11.4. The van der Waals surface area contributed by atoms with Crippen molar-refractivity contribution in [2.24, 2.45) is 5.92 Å². The number of aliphatic carboxylic acids is 1. The van der Waals surface area contributed by atoms with Crippen molar-refractivity contribution < 1.29 is 24.2 Å². The van der Waals surface area contributed by atoms with Gasteiger partial charge in [0.15, 0.2) is 0 Å². The number of ether oxygens (including phenoxy) is 1. The van der Waals surface area contributed by atoms with Crippen LogP contribution < -0.4 is 5.32 Å². The third-order valence-corrected chi connectivity index (χ3v) is 2.65. The molecule has 0 radical (unpaired) electrons. The SMILES string of the molecule is COC(=O)c1ccc(NC(=O)C[C@@H](C)CC(=O)O)cc1. The molecule has 6 nitrogen and oxygen atoms in total. The summed E-state index contributed by atoms with van der Waals surface area (Å²) in [6, 6.07) is 6.27. The standard InChI is InChI=1S/C14H17NO5/c1-9(8-13(17)18)7-12(16)15-11-5-3-10(4-6-11)14(19)20-2/h3-6,9H,7-8H2,1-2H3,(H,15,16)(H,17,18)/t9-/m1/s1. The van der Waals surface area contributed by atoms with E-state index >= 15 is 0 Å². The van der Waals surface area contributed by atoms with Crippen LogP contribution in [-0.4, -0.2) is 30.1 Å². The molecule has 1 rings (SSSR count). The van der Waals surface area contributed by atoms with Gasteiger partial charge in [-0.15, -0.1) is 0 Å². The van der Waals surface area contributed by atoms with Crippen molar-refractivity contribution in [2.75, 3.05) is 12.4 Å². The highest BCUT2D eigenvalue weighted by Gasteiger charge is 2.13. The van der Waals surface area contributed by atoms with Crippen molar-refractivity contribution in [1.82, 2.24) is 0 Å². The summed E-state index contributed by atoms with van der Waals surface area (Å²) in [5.41, 5.74) is 0.940. The van der Waals surface area contributed by atoms with E-state index in [1.165, 1.54) is 7.11 Å². The van der Waals surface area contributed by atoms with Crippen molar-refractivity contribution in [1.29, 1.82) is 0 Å². The van der Waals surface area contributed by atoms with Crippen LogP contribution in [-0.2, 0) is 14.3 Å². The molecule has 0 saturated heterocycles. The maximum Gasteiger partial charge on any atom is 0.337 e. The maximum absolute atomic E-state index is 11.7. The van der Waals surface area contributed by atoms with Crippen molar-refractivity contribution in [3.63, 3.8) is 0 Å². The molecule has 1 aromatic rings. The van der Waals surface area contributed by atoms with Gasteiger partial charge in [0, 0.05) is 18.5 Å². The predicted molar refractivity (Wildman–Crippen MR) is 72.4 cm³/mol. The molecule has 0 aliphatic carbocycles. The lowest BCUT2D eigenvalue weighted by Crippen LogP contribution is -2.17. The molecule has 0 saturated carbocycles. The van der Waals surface area contributed by atoms with Crippen LogP contribution in [0.1, 0.15) is 30.1 Å². The first kappa shape index (κ1) is 15.7. The number of amides is 1. The Hall–Kier alpha value is -2.37. The van der Waals surface area contributed by atoms with Crippen LogP contribution in [0.4, 0.5) is 5.69 Å². The number of benzene rings is 1. The molecule has 6 heteroatoms. The summed E-state index contributed by atoms with van der Waals surface area (Å²) >= 11 is 0. The number of nitrogens with one attached hydrogen (secondary N) is 1. The van der Waals surface area contributed by atoms with Crippen molar-refractivity contribution >= 4 is 23.5 Å². The molecule has 0 fully saturated rings. The summed E-state index contributed by atoms with van der Waals surface area (Å²) < 4.78 is 4.56. The number of rotatable bonds is 6. The lowest BCUT2D eigenvalue weighted by atomic mass is 10.0. The van der Waals surface area contributed by atoms with E-state index in [2.05, 4.69) is 10.1 Å². The number of methoxy groups -OCH3 is 1. The Labute approximate surface area is 116 Å². The lowest BCUT2D eigenvalue weighted by molar-refractivity contribution is -0.138. The number of carbonyl (C=O) groups is 3. The third kappa shape index (κ3) is 5.09. The third-order valence-electron chi connectivity index (χ3n) is 2.65. The highest BCUT2D eigenvalue weighted by atomic mass is 16.5. The number of carboxylic acids is 1. The van der Waals surface area contributed by atoms with E-state index in [4.69, 9.17) is 5.11 Å². The normalized spacial score (nSPS) is 11.5. The van der Waals surface area contributed by atoms with Gasteiger partial charge < -0.3 is 15.2 Å². The monoisotopic (exact) mass is 279 g/mol. The van der Waals surface area contributed by atoms with Gasteiger partial charge in [-0.1, -0.05) is 6.92 Å². The molecule has 1 aromatic carbocycles. The highest BCUT2D eigenvalue weighted by Crippen LogP contribution is 2.13. The number of anilines is 1. The molecule has 0 unspecified atom stereocenters. The molecule has 0 aromatic heterocycles. The minimum atomic E-state index is -0.923. The van der Waals surface area contributed by atoms with Crippen molar-refractivity contribution in [3.8, 4) is 0 Å². The lowest BCUT2D eigenvalue weighted by Gasteiger charge is -2.09. The van der Waals surface area contributed by atoms with Gasteiger partial charge in [-0.2, -0.15) is 0 Å². The Balaban J connectivity index is 2.54. The van der Waals surface area contributed by atoms with Crippen LogP contribution in [0, 0.1) is 5.92 Å². The van der Waals surface area contributed by atoms with E-state index < -0.39 is 11.9 Å². The smallest absolute Gasteiger partial charge is 0.337 e.